The standard InChI is InChI=1S/C52H32N4/c1-4-16-33(17-5-1)49-53-50(34-18-6-2-7-19-34)55-51(54-49)35-28-29-39-44(32-35)52(41-25-13-10-22-37(41)38-23-11-14-26-42(38)52)43-30-31-46-48(47(39)43)40-24-12-15-27-45(40)56(46)36-20-8-3-9-21-36/h1-32H. The van der Waals surface area contributed by atoms with Crippen molar-refractivity contribution in [2.45, 2.75) is 5.41 Å². The zero-order valence-corrected chi connectivity index (χ0v) is 30.3. The van der Waals surface area contributed by atoms with E-state index in [-0.39, 0.29) is 0 Å². The molecule has 10 aromatic rings. The van der Waals surface area contributed by atoms with Crippen molar-refractivity contribution in [1.82, 2.24) is 19.5 Å². The highest BCUT2D eigenvalue weighted by Crippen LogP contribution is 2.64. The van der Waals surface area contributed by atoms with Crippen molar-refractivity contribution in [3.05, 3.63) is 216 Å². The third-order valence-electron chi connectivity index (χ3n) is 11.9. The highest BCUT2D eigenvalue weighted by Gasteiger charge is 2.52. The first kappa shape index (κ1) is 31.0. The van der Waals surface area contributed by atoms with Crippen LogP contribution in [0.5, 0.6) is 0 Å². The Balaban J connectivity index is 1.19. The van der Waals surface area contributed by atoms with E-state index in [0.29, 0.717) is 17.5 Å². The lowest BCUT2D eigenvalue weighted by Gasteiger charge is -2.30. The van der Waals surface area contributed by atoms with Gasteiger partial charge in [0.2, 0.25) is 0 Å². The number of hydrogen-bond donors (Lipinski definition) is 0. The van der Waals surface area contributed by atoms with Crippen molar-refractivity contribution in [3.8, 4) is 62.1 Å². The van der Waals surface area contributed by atoms with Crippen LogP contribution in [0.2, 0.25) is 0 Å². The monoisotopic (exact) mass is 712 g/mol. The summed E-state index contributed by atoms with van der Waals surface area (Å²) in [5.74, 6) is 1.96. The second-order valence-corrected chi connectivity index (χ2v) is 14.7. The second kappa shape index (κ2) is 11.8. The smallest absolute Gasteiger partial charge is 0.164 e. The molecule has 0 bridgehead atoms. The largest absolute Gasteiger partial charge is 0.309 e. The van der Waals surface area contributed by atoms with Gasteiger partial charge in [0.1, 0.15) is 0 Å². The molecule has 12 rings (SSSR count). The molecule has 0 saturated carbocycles. The number of nitrogens with zero attached hydrogens (tertiary/aromatic N) is 4. The quantitative estimate of drug-likeness (QED) is 0.182. The van der Waals surface area contributed by atoms with Gasteiger partial charge in [0.15, 0.2) is 17.5 Å². The van der Waals surface area contributed by atoms with Crippen LogP contribution < -0.4 is 0 Å². The van der Waals surface area contributed by atoms with Crippen molar-refractivity contribution >= 4 is 21.8 Å². The van der Waals surface area contributed by atoms with Gasteiger partial charge in [-0.05, 0) is 74.8 Å². The fourth-order valence-corrected chi connectivity index (χ4v) is 9.62. The molecule has 0 atom stereocenters. The lowest BCUT2D eigenvalue weighted by Crippen LogP contribution is -2.26. The third-order valence-corrected chi connectivity index (χ3v) is 11.9. The molecule has 1 spiro atoms. The SMILES string of the molecule is c1ccc(-c2nc(-c3ccccc3)nc(-c3ccc4c(c3)C3(c5ccccc5-c5ccccc53)c3ccc5c(c3-4)c3ccccc3n5-c3ccccc3)n2)cc1. The van der Waals surface area contributed by atoms with E-state index >= 15 is 0 Å². The molecule has 0 N–H and O–H groups in total. The minimum Gasteiger partial charge on any atom is -0.309 e. The average molecular weight is 713 g/mol. The fraction of sp³-hybridized carbons (Fsp3) is 0.0192. The van der Waals surface area contributed by atoms with Crippen molar-refractivity contribution < 1.29 is 0 Å². The van der Waals surface area contributed by atoms with Gasteiger partial charge in [-0.15, -0.1) is 0 Å². The maximum Gasteiger partial charge on any atom is 0.164 e. The Morgan fingerprint density at radius 2 is 0.893 bits per heavy atom. The summed E-state index contributed by atoms with van der Waals surface area (Å²) in [7, 11) is 0. The van der Waals surface area contributed by atoms with Crippen LogP contribution in [-0.2, 0) is 5.41 Å². The first-order valence-corrected chi connectivity index (χ1v) is 19.1. The Kier molecular flexibility index (Phi) is 6.52. The lowest BCUT2D eigenvalue weighted by molar-refractivity contribution is 0.794. The summed E-state index contributed by atoms with van der Waals surface area (Å²) in [6.45, 7) is 0. The third kappa shape index (κ3) is 4.21. The summed E-state index contributed by atoms with van der Waals surface area (Å²) in [5.41, 5.74) is 16.1. The number of aromatic nitrogens is 4. The summed E-state index contributed by atoms with van der Waals surface area (Å²) >= 11 is 0. The Hall–Kier alpha value is -7.43. The van der Waals surface area contributed by atoms with Crippen LogP contribution in [-0.4, -0.2) is 19.5 Å². The normalized spacial score (nSPS) is 13.1. The molecule has 2 heterocycles. The maximum absolute atomic E-state index is 5.18. The van der Waals surface area contributed by atoms with Gasteiger partial charge in [0.25, 0.3) is 0 Å². The van der Waals surface area contributed by atoms with Gasteiger partial charge in [-0.1, -0.05) is 164 Å². The molecule has 0 unspecified atom stereocenters. The predicted octanol–water partition coefficient (Wildman–Crippen LogP) is 12.3. The molecular weight excluding hydrogens is 681 g/mol. The van der Waals surface area contributed by atoms with Gasteiger partial charge in [-0.3, -0.25) is 0 Å². The first-order chi connectivity index (χ1) is 27.8. The van der Waals surface area contributed by atoms with Crippen molar-refractivity contribution in [2.75, 3.05) is 0 Å². The summed E-state index contributed by atoms with van der Waals surface area (Å²) < 4.78 is 2.42. The van der Waals surface area contributed by atoms with Crippen LogP contribution in [0.15, 0.2) is 194 Å². The van der Waals surface area contributed by atoms with E-state index in [1.54, 1.807) is 0 Å². The highest BCUT2D eigenvalue weighted by atomic mass is 15.0. The number of rotatable bonds is 4. The Labute approximate surface area is 324 Å². The molecule has 4 nitrogen and oxygen atoms in total. The molecule has 2 aliphatic rings. The van der Waals surface area contributed by atoms with E-state index in [1.165, 1.54) is 66.3 Å². The topological polar surface area (TPSA) is 43.6 Å². The van der Waals surface area contributed by atoms with Crippen molar-refractivity contribution in [1.29, 1.82) is 0 Å². The van der Waals surface area contributed by atoms with E-state index in [4.69, 9.17) is 15.0 Å². The molecule has 56 heavy (non-hydrogen) atoms. The number of hydrogen-bond acceptors (Lipinski definition) is 3. The zero-order chi connectivity index (χ0) is 36.8. The van der Waals surface area contributed by atoms with Crippen molar-refractivity contribution in [3.63, 3.8) is 0 Å². The van der Waals surface area contributed by atoms with Crippen LogP contribution in [0.3, 0.4) is 0 Å². The second-order valence-electron chi connectivity index (χ2n) is 14.7. The molecule has 0 radical (unpaired) electrons. The maximum atomic E-state index is 5.18. The average Bonchev–Trinajstić information content (AvgIpc) is 3.88. The lowest BCUT2D eigenvalue weighted by atomic mass is 9.70. The molecule has 0 amide bonds. The van der Waals surface area contributed by atoms with E-state index < -0.39 is 5.41 Å². The molecule has 4 heteroatoms. The minimum absolute atomic E-state index is 0.546. The van der Waals surface area contributed by atoms with E-state index in [9.17, 15) is 0 Å². The number of fused-ring (bicyclic) bond motifs is 14. The first-order valence-electron chi connectivity index (χ1n) is 19.1. The van der Waals surface area contributed by atoms with Gasteiger partial charge in [-0.2, -0.15) is 0 Å². The summed E-state index contributed by atoms with van der Waals surface area (Å²) in [5, 5.41) is 2.51. The van der Waals surface area contributed by atoms with Gasteiger partial charge < -0.3 is 4.57 Å². The van der Waals surface area contributed by atoms with Crippen LogP contribution in [0.4, 0.5) is 0 Å². The Morgan fingerprint density at radius 1 is 0.357 bits per heavy atom. The predicted molar refractivity (Wildman–Crippen MR) is 227 cm³/mol. The summed E-state index contributed by atoms with van der Waals surface area (Å²) in [6.07, 6.45) is 0. The number of para-hydroxylation sites is 2. The zero-order valence-electron chi connectivity index (χ0n) is 30.3. The molecule has 0 saturated heterocycles. The Morgan fingerprint density at radius 3 is 1.54 bits per heavy atom. The molecular formula is C52H32N4. The van der Waals surface area contributed by atoms with E-state index in [0.717, 1.165) is 22.4 Å². The molecule has 2 aliphatic carbocycles. The minimum atomic E-state index is -0.546. The van der Waals surface area contributed by atoms with Crippen LogP contribution in [0.1, 0.15) is 22.3 Å². The van der Waals surface area contributed by atoms with Crippen molar-refractivity contribution in [2.24, 2.45) is 0 Å². The summed E-state index contributed by atoms with van der Waals surface area (Å²) in [4.78, 5) is 15.4. The molecule has 260 valence electrons. The molecule has 8 aromatic carbocycles. The molecule has 2 aromatic heterocycles. The van der Waals surface area contributed by atoms with E-state index in [2.05, 4.69) is 162 Å². The molecule has 0 fully saturated rings. The fourth-order valence-electron chi connectivity index (χ4n) is 9.62. The van der Waals surface area contributed by atoms with E-state index in [1.807, 2.05) is 36.4 Å². The molecule has 0 aliphatic heterocycles. The van der Waals surface area contributed by atoms with Crippen LogP contribution in [0, 0.1) is 0 Å². The van der Waals surface area contributed by atoms with Gasteiger partial charge in [0.05, 0.1) is 16.4 Å². The summed E-state index contributed by atoms with van der Waals surface area (Å²) in [6, 6.07) is 69.6. The Bertz CT molecular complexity index is 3080. The van der Waals surface area contributed by atoms with Gasteiger partial charge in [0, 0.05) is 33.2 Å². The van der Waals surface area contributed by atoms with Gasteiger partial charge >= 0.3 is 0 Å². The van der Waals surface area contributed by atoms with Crippen LogP contribution in [0.25, 0.3) is 83.9 Å². The van der Waals surface area contributed by atoms with Crippen LogP contribution >= 0.6 is 0 Å². The van der Waals surface area contributed by atoms with Gasteiger partial charge in [-0.25, -0.2) is 15.0 Å². The number of benzene rings is 8. The highest BCUT2D eigenvalue weighted by molar-refractivity contribution is 6.19.